The van der Waals surface area contributed by atoms with Gasteiger partial charge in [-0.25, -0.2) is 0 Å². The first-order chi connectivity index (χ1) is 7.61. The summed E-state index contributed by atoms with van der Waals surface area (Å²) in [6.45, 7) is 1.26. The summed E-state index contributed by atoms with van der Waals surface area (Å²) in [7, 11) is 0. The van der Waals surface area contributed by atoms with Gasteiger partial charge in [0.15, 0.2) is 0 Å². The van der Waals surface area contributed by atoms with Crippen LogP contribution in [0.15, 0.2) is 24.3 Å². The van der Waals surface area contributed by atoms with Crippen LogP contribution in [0.1, 0.15) is 13.3 Å². The minimum absolute atomic E-state index is 0.0768. The third-order valence-electron chi connectivity index (χ3n) is 1.83. The lowest BCUT2D eigenvalue weighted by Crippen LogP contribution is -2.12. The topological polar surface area (TPSA) is 78.4 Å². The molecule has 0 aliphatic heterocycles. The second-order valence-corrected chi connectivity index (χ2v) is 3.28. The fourth-order valence-electron chi connectivity index (χ4n) is 1.17. The van der Waals surface area contributed by atoms with Crippen molar-refractivity contribution >= 4 is 23.2 Å². The Morgan fingerprint density at radius 3 is 2.06 bits per heavy atom. The lowest BCUT2D eigenvalue weighted by Gasteiger charge is -2.06. The zero-order valence-corrected chi connectivity index (χ0v) is 8.99. The number of aliphatic hydroxyl groups is 1. The van der Waals surface area contributed by atoms with E-state index in [1.165, 1.54) is 6.92 Å². The Bertz CT molecular complexity index is 373. The van der Waals surface area contributed by atoms with Gasteiger partial charge < -0.3 is 15.7 Å². The molecule has 0 fully saturated rings. The summed E-state index contributed by atoms with van der Waals surface area (Å²) >= 11 is 0. The number of anilines is 2. The van der Waals surface area contributed by atoms with Crippen LogP contribution in [0.4, 0.5) is 11.4 Å². The maximum Gasteiger partial charge on any atom is 0.226 e. The summed E-state index contributed by atoms with van der Waals surface area (Å²) in [5.74, 6) is -0.383. The lowest BCUT2D eigenvalue weighted by atomic mass is 10.2. The Kier molecular flexibility index (Phi) is 4.47. The number of hydrogen-bond donors (Lipinski definition) is 3. The number of carbonyl (C=O) groups is 2. The molecule has 0 aliphatic rings. The van der Waals surface area contributed by atoms with Gasteiger partial charge in [-0.3, -0.25) is 9.59 Å². The maximum atomic E-state index is 11.1. The largest absolute Gasteiger partial charge is 0.396 e. The van der Waals surface area contributed by atoms with E-state index in [9.17, 15) is 9.59 Å². The van der Waals surface area contributed by atoms with Gasteiger partial charge in [-0.05, 0) is 24.3 Å². The maximum absolute atomic E-state index is 11.1. The average molecular weight is 222 g/mol. The first-order valence-electron chi connectivity index (χ1n) is 4.90. The van der Waals surface area contributed by atoms with Crippen molar-refractivity contribution in [3.05, 3.63) is 24.3 Å². The second kappa shape index (κ2) is 5.87. The Balaban J connectivity index is 2.57. The molecule has 5 heteroatoms. The Morgan fingerprint density at radius 2 is 1.62 bits per heavy atom. The smallest absolute Gasteiger partial charge is 0.226 e. The zero-order valence-electron chi connectivity index (χ0n) is 8.99. The molecule has 16 heavy (non-hydrogen) atoms. The van der Waals surface area contributed by atoms with Gasteiger partial charge in [0.2, 0.25) is 11.8 Å². The van der Waals surface area contributed by atoms with E-state index >= 15 is 0 Å². The van der Waals surface area contributed by atoms with Crippen molar-refractivity contribution in [2.75, 3.05) is 17.2 Å². The van der Waals surface area contributed by atoms with Gasteiger partial charge in [-0.1, -0.05) is 0 Å². The molecule has 3 N–H and O–H groups in total. The van der Waals surface area contributed by atoms with Crippen LogP contribution in [-0.4, -0.2) is 23.5 Å². The highest BCUT2D eigenvalue weighted by molar-refractivity contribution is 5.92. The minimum Gasteiger partial charge on any atom is -0.396 e. The van der Waals surface area contributed by atoms with Crippen LogP contribution in [0.25, 0.3) is 0 Å². The van der Waals surface area contributed by atoms with Crippen molar-refractivity contribution < 1.29 is 14.7 Å². The van der Waals surface area contributed by atoms with Gasteiger partial charge in [-0.2, -0.15) is 0 Å². The van der Waals surface area contributed by atoms with Crippen LogP contribution in [-0.2, 0) is 9.59 Å². The molecule has 0 saturated carbocycles. The fourth-order valence-corrected chi connectivity index (χ4v) is 1.17. The molecule has 0 unspecified atom stereocenters. The van der Waals surface area contributed by atoms with Crippen LogP contribution in [0.3, 0.4) is 0 Å². The summed E-state index contributed by atoms with van der Waals surface area (Å²) in [4.78, 5) is 21.9. The molecule has 0 radical (unpaired) electrons. The number of rotatable bonds is 4. The normalized spacial score (nSPS) is 9.62. The van der Waals surface area contributed by atoms with Crippen molar-refractivity contribution in [2.45, 2.75) is 13.3 Å². The summed E-state index contributed by atoms with van der Waals surface area (Å²) in [5, 5.41) is 13.8. The Labute approximate surface area is 93.5 Å². The number of nitrogens with one attached hydrogen (secondary N) is 2. The highest BCUT2D eigenvalue weighted by Gasteiger charge is 2.01. The van der Waals surface area contributed by atoms with E-state index in [1.54, 1.807) is 24.3 Å². The highest BCUT2D eigenvalue weighted by atomic mass is 16.3. The van der Waals surface area contributed by atoms with E-state index in [0.29, 0.717) is 11.4 Å². The monoisotopic (exact) mass is 222 g/mol. The SMILES string of the molecule is CC(=O)Nc1ccc(NC(=O)CCO)cc1. The first kappa shape index (κ1) is 12.2. The second-order valence-electron chi connectivity index (χ2n) is 3.28. The van der Waals surface area contributed by atoms with Crippen LogP contribution in [0, 0.1) is 0 Å². The molecule has 0 bridgehead atoms. The summed E-state index contributed by atoms with van der Waals surface area (Å²) in [6.07, 6.45) is 0.0768. The standard InChI is InChI=1S/C11H14N2O3/c1-8(15)12-9-2-4-10(5-3-9)13-11(16)6-7-14/h2-5,14H,6-7H2,1H3,(H,12,15)(H,13,16). The number of amides is 2. The molecule has 0 atom stereocenters. The van der Waals surface area contributed by atoms with Gasteiger partial charge in [0, 0.05) is 18.3 Å². The Hall–Kier alpha value is -1.88. The van der Waals surface area contributed by atoms with E-state index in [0.717, 1.165) is 0 Å². The molecule has 86 valence electrons. The van der Waals surface area contributed by atoms with Crippen molar-refractivity contribution in [2.24, 2.45) is 0 Å². The van der Waals surface area contributed by atoms with E-state index in [2.05, 4.69) is 10.6 Å². The van der Waals surface area contributed by atoms with Gasteiger partial charge in [0.1, 0.15) is 0 Å². The predicted octanol–water partition coefficient (Wildman–Crippen LogP) is 0.966. The minimum atomic E-state index is -0.241. The van der Waals surface area contributed by atoms with Gasteiger partial charge in [0.25, 0.3) is 0 Å². The highest BCUT2D eigenvalue weighted by Crippen LogP contribution is 2.13. The van der Waals surface area contributed by atoms with Crippen LogP contribution in [0.5, 0.6) is 0 Å². The molecule has 2 amide bonds. The molecule has 1 aromatic rings. The third-order valence-corrected chi connectivity index (χ3v) is 1.83. The number of hydrogen-bond acceptors (Lipinski definition) is 3. The van der Waals surface area contributed by atoms with Crippen LogP contribution in [0.2, 0.25) is 0 Å². The average Bonchev–Trinajstić information content (AvgIpc) is 2.20. The molecular formula is C11H14N2O3. The summed E-state index contributed by atoms with van der Waals surface area (Å²) in [5.41, 5.74) is 1.31. The number of aliphatic hydroxyl groups excluding tert-OH is 1. The number of benzene rings is 1. The zero-order chi connectivity index (χ0) is 12.0. The van der Waals surface area contributed by atoms with Gasteiger partial charge in [0.05, 0.1) is 13.0 Å². The third kappa shape index (κ3) is 4.10. The van der Waals surface area contributed by atoms with Crippen molar-refractivity contribution in [3.63, 3.8) is 0 Å². The molecule has 0 aliphatic carbocycles. The van der Waals surface area contributed by atoms with Crippen LogP contribution < -0.4 is 10.6 Å². The predicted molar refractivity (Wildman–Crippen MR) is 61.1 cm³/mol. The molecule has 0 saturated heterocycles. The Morgan fingerprint density at radius 1 is 1.12 bits per heavy atom. The van der Waals surface area contributed by atoms with E-state index in [4.69, 9.17) is 5.11 Å². The van der Waals surface area contributed by atoms with E-state index < -0.39 is 0 Å². The number of carbonyl (C=O) groups excluding carboxylic acids is 2. The van der Waals surface area contributed by atoms with Gasteiger partial charge in [-0.15, -0.1) is 0 Å². The lowest BCUT2D eigenvalue weighted by molar-refractivity contribution is -0.117. The molecule has 0 heterocycles. The van der Waals surface area contributed by atoms with E-state index in [1.807, 2.05) is 0 Å². The van der Waals surface area contributed by atoms with Gasteiger partial charge >= 0.3 is 0 Å². The molecule has 0 spiro atoms. The summed E-state index contributed by atoms with van der Waals surface area (Å²) < 4.78 is 0. The first-order valence-corrected chi connectivity index (χ1v) is 4.90. The molecule has 1 aromatic carbocycles. The van der Waals surface area contributed by atoms with E-state index in [-0.39, 0.29) is 24.8 Å². The van der Waals surface area contributed by atoms with Crippen LogP contribution >= 0.6 is 0 Å². The van der Waals surface area contributed by atoms with Crippen molar-refractivity contribution in [1.29, 1.82) is 0 Å². The molecule has 5 nitrogen and oxygen atoms in total. The van der Waals surface area contributed by atoms with Crippen molar-refractivity contribution in [3.8, 4) is 0 Å². The fraction of sp³-hybridized carbons (Fsp3) is 0.273. The molecule has 0 aromatic heterocycles. The molecule has 1 rings (SSSR count). The van der Waals surface area contributed by atoms with Crippen molar-refractivity contribution in [1.82, 2.24) is 0 Å². The molecular weight excluding hydrogens is 208 g/mol. The quantitative estimate of drug-likeness (QED) is 0.710. The summed E-state index contributed by atoms with van der Waals surface area (Å²) in [6, 6.07) is 6.74.